The summed E-state index contributed by atoms with van der Waals surface area (Å²) < 4.78 is 28.1. The number of ether oxygens (including phenoxy) is 2. The first-order valence-corrected chi connectivity index (χ1v) is 26.1. The maximum Gasteiger partial charge on any atom is 0.343 e. The van der Waals surface area contributed by atoms with Crippen LogP contribution in [0.1, 0.15) is 96.9 Å². The lowest BCUT2D eigenvalue weighted by molar-refractivity contribution is -0.172. The van der Waals surface area contributed by atoms with Crippen molar-refractivity contribution in [3.63, 3.8) is 0 Å². The number of nitrogens with zero attached hydrogens (tertiary/aromatic N) is 4. The Kier molecular flexibility index (Phi) is 16.2. The zero-order chi connectivity index (χ0) is 55.4. The van der Waals surface area contributed by atoms with Crippen molar-refractivity contribution in [3.8, 4) is 11.4 Å². The monoisotopic (exact) mass is 1070 g/mol. The number of pyridine rings is 2. The first-order valence-electron chi connectivity index (χ1n) is 26.1. The lowest BCUT2D eigenvalue weighted by Gasteiger charge is -2.35. The van der Waals surface area contributed by atoms with Gasteiger partial charge in [-0.3, -0.25) is 48.1 Å². The van der Waals surface area contributed by atoms with E-state index in [9.17, 15) is 53.1 Å². The Morgan fingerprint density at radius 3 is 2.35 bits per heavy atom. The number of aromatic nitrogens is 2. The summed E-state index contributed by atoms with van der Waals surface area (Å²) in [5.41, 5.74) is 2.40. The SMILES string of the molecule is CC[C@@]1(O)C(=O)OCc2c1cc1n(c2=O)Cc2c-1nc1cc(F)c(C)c3c1c2[C@@H](N1CCC(COCNC(=O)CNC(=O)[C@H](Cc2ccccc2)NC(=O)CNC(=O)CNC(=O)CCCCCN2C(=O)C=CC2=O)C1=O)CC3. The van der Waals surface area contributed by atoms with Gasteiger partial charge in [-0.25, -0.2) is 14.2 Å². The highest BCUT2D eigenvalue weighted by Gasteiger charge is 2.47. The van der Waals surface area contributed by atoms with Crippen LogP contribution in [0.3, 0.4) is 0 Å². The van der Waals surface area contributed by atoms with Crippen LogP contribution in [0.25, 0.3) is 22.3 Å². The standard InChI is InChI=1S/C55H60FN9O13/c1-3-55(76)36-21-41-50-34(26-65(41)53(74)35(36)28-78-54(55)75)49-40(14-13-33-30(2)37(56)22-38(62-50)48(33)49)63-19-17-32(52(63)73)27-77-29-60-44(68)24-59-51(72)39(20-31-10-6-4-7-11-31)61-45(69)25-58-43(67)23-57-42(66)12-8-5-9-18-64-46(70)15-16-47(64)71/h4,6-7,10-11,15-16,21-22,32,39-40,76H,3,5,8-9,12-14,17-20,23-29H2,1-2H3,(H,57,66)(H,58,67)(H,59,72)(H,60,68)(H,61,69)/t32?,39-,40-,55-/m0/s1. The molecule has 4 aliphatic heterocycles. The van der Waals surface area contributed by atoms with Gasteiger partial charge in [0.2, 0.25) is 35.4 Å². The first-order chi connectivity index (χ1) is 37.5. The molecule has 1 unspecified atom stereocenters. The summed E-state index contributed by atoms with van der Waals surface area (Å²) in [6.45, 7) is 2.05. The second-order valence-corrected chi connectivity index (χ2v) is 20.1. The molecule has 5 aliphatic rings. The van der Waals surface area contributed by atoms with Gasteiger partial charge in [-0.15, -0.1) is 0 Å². The van der Waals surface area contributed by atoms with Crippen molar-refractivity contribution in [1.29, 1.82) is 0 Å². The molecular formula is C55H60FN9O13. The Hall–Kier alpha value is -8.18. The van der Waals surface area contributed by atoms with Crippen LogP contribution in [-0.4, -0.2) is 130 Å². The topological polar surface area (TPSA) is 294 Å². The Labute approximate surface area is 446 Å². The average Bonchev–Trinajstić information content (AvgIpc) is 4.28. The highest BCUT2D eigenvalue weighted by Crippen LogP contribution is 2.48. The van der Waals surface area contributed by atoms with Gasteiger partial charge < -0.3 is 50.6 Å². The maximum atomic E-state index is 15.5. The van der Waals surface area contributed by atoms with Gasteiger partial charge in [-0.2, -0.15) is 0 Å². The minimum absolute atomic E-state index is 0.0336. The minimum Gasteiger partial charge on any atom is -0.458 e. The molecule has 6 N–H and O–H groups in total. The number of nitrogens with one attached hydrogen (secondary N) is 5. The van der Waals surface area contributed by atoms with Crippen LogP contribution in [-0.2, 0) is 84.2 Å². The molecule has 0 spiro atoms. The van der Waals surface area contributed by atoms with Crippen molar-refractivity contribution >= 4 is 64.1 Å². The normalized spacial score (nSPS) is 19.3. The number of cyclic esters (lactones) is 1. The van der Waals surface area contributed by atoms with E-state index in [-0.39, 0.29) is 81.1 Å². The molecule has 4 aromatic rings. The molecule has 6 heterocycles. The van der Waals surface area contributed by atoms with Crippen molar-refractivity contribution in [2.24, 2.45) is 5.92 Å². The van der Waals surface area contributed by atoms with Gasteiger partial charge in [0, 0.05) is 60.7 Å². The maximum absolute atomic E-state index is 15.5. The number of aliphatic hydroxyl groups is 1. The summed E-state index contributed by atoms with van der Waals surface area (Å²) in [4.78, 5) is 136. The Morgan fingerprint density at radius 2 is 1.59 bits per heavy atom. The van der Waals surface area contributed by atoms with E-state index in [0.29, 0.717) is 78.7 Å². The van der Waals surface area contributed by atoms with E-state index in [1.54, 1.807) is 55.1 Å². The Morgan fingerprint density at radius 1 is 0.872 bits per heavy atom. The Bertz CT molecular complexity index is 3220. The van der Waals surface area contributed by atoms with Gasteiger partial charge >= 0.3 is 5.97 Å². The number of hydrogen-bond donors (Lipinski definition) is 6. The first kappa shape index (κ1) is 54.6. The number of fused-ring (bicyclic) bond motifs is 5. The predicted octanol–water partition coefficient (Wildman–Crippen LogP) is 1.01. The third-order valence-corrected chi connectivity index (χ3v) is 15.2. The summed E-state index contributed by atoms with van der Waals surface area (Å²) in [5, 5.41) is 24.7. The van der Waals surface area contributed by atoms with E-state index in [2.05, 4.69) is 26.6 Å². The van der Waals surface area contributed by atoms with Gasteiger partial charge in [0.1, 0.15) is 25.2 Å². The molecule has 8 amide bonds. The van der Waals surface area contributed by atoms with E-state index in [4.69, 9.17) is 14.5 Å². The van der Waals surface area contributed by atoms with E-state index in [1.807, 2.05) is 0 Å². The Balaban J connectivity index is 0.752. The molecule has 1 fully saturated rings. The molecule has 410 valence electrons. The fourth-order valence-corrected chi connectivity index (χ4v) is 11.0. The van der Waals surface area contributed by atoms with E-state index >= 15 is 4.39 Å². The summed E-state index contributed by atoms with van der Waals surface area (Å²) in [7, 11) is 0. The second-order valence-electron chi connectivity index (χ2n) is 20.1. The lowest BCUT2D eigenvalue weighted by Crippen LogP contribution is -2.52. The quantitative estimate of drug-likeness (QED) is 0.0244. The number of carbonyl (C=O) groups is 9. The van der Waals surface area contributed by atoms with Crippen LogP contribution in [0.5, 0.6) is 0 Å². The molecular weight excluding hydrogens is 1010 g/mol. The highest BCUT2D eigenvalue weighted by molar-refractivity contribution is 6.12. The second kappa shape index (κ2) is 23.2. The van der Waals surface area contributed by atoms with Crippen LogP contribution in [0.15, 0.2) is 59.4 Å². The number of benzene rings is 2. The minimum atomic E-state index is -2.04. The average molecular weight is 1070 g/mol. The van der Waals surface area contributed by atoms with Gasteiger partial charge in [0.25, 0.3) is 17.4 Å². The number of esters is 1. The van der Waals surface area contributed by atoms with Gasteiger partial charge in [0.15, 0.2) is 5.60 Å². The van der Waals surface area contributed by atoms with Crippen LogP contribution in [0.2, 0.25) is 0 Å². The van der Waals surface area contributed by atoms with E-state index in [0.717, 1.165) is 21.4 Å². The fourth-order valence-electron chi connectivity index (χ4n) is 11.0. The molecule has 2 aromatic carbocycles. The molecule has 9 rings (SSSR count). The molecule has 0 radical (unpaired) electrons. The van der Waals surface area contributed by atoms with Crippen molar-refractivity contribution in [2.75, 3.05) is 46.1 Å². The molecule has 4 atom stereocenters. The van der Waals surface area contributed by atoms with Crippen molar-refractivity contribution in [2.45, 2.75) is 102 Å². The summed E-state index contributed by atoms with van der Waals surface area (Å²) >= 11 is 0. The summed E-state index contributed by atoms with van der Waals surface area (Å²) in [5.74, 6) is -5.81. The molecule has 22 nitrogen and oxygen atoms in total. The lowest BCUT2D eigenvalue weighted by atomic mass is 9.81. The molecule has 1 aliphatic carbocycles. The number of amides is 8. The molecule has 78 heavy (non-hydrogen) atoms. The zero-order valence-corrected chi connectivity index (χ0v) is 43.2. The van der Waals surface area contributed by atoms with Crippen LogP contribution < -0.4 is 32.1 Å². The van der Waals surface area contributed by atoms with E-state index in [1.165, 1.54) is 22.8 Å². The highest BCUT2D eigenvalue weighted by atomic mass is 19.1. The van der Waals surface area contributed by atoms with Gasteiger partial charge in [0.05, 0.1) is 67.2 Å². The molecule has 23 heteroatoms. The largest absolute Gasteiger partial charge is 0.458 e. The smallest absolute Gasteiger partial charge is 0.343 e. The number of likely N-dealkylation sites (tertiary alicyclic amines) is 1. The third kappa shape index (κ3) is 11.1. The van der Waals surface area contributed by atoms with Crippen molar-refractivity contribution in [1.82, 2.24) is 45.9 Å². The number of aryl methyl sites for hydroxylation is 1. The van der Waals surface area contributed by atoms with Crippen LogP contribution in [0, 0.1) is 18.7 Å². The third-order valence-electron chi connectivity index (χ3n) is 15.2. The number of imide groups is 1. The number of carbonyl (C=O) groups excluding carboxylic acids is 9. The van der Waals surface area contributed by atoms with Gasteiger partial charge in [-0.1, -0.05) is 43.7 Å². The number of hydrogen-bond acceptors (Lipinski definition) is 14. The summed E-state index contributed by atoms with van der Waals surface area (Å²) in [6.07, 6.45) is 5.49. The van der Waals surface area contributed by atoms with E-state index < -0.39 is 90.1 Å². The fraction of sp³-hybridized carbons (Fsp3) is 0.436. The molecule has 1 saturated heterocycles. The zero-order valence-electron chi connectivity index (χ0n) is 43.2. The number of unbranched alkanes of at least 4 members (excludes halogenated alkanes) is 2. The predicted molar refractivity (Wildman–Crippen MR) is 274 cm³/mol. The molecule has 0 saturated carbocycles. The van der Waals surface area contributed by atoms with Crippen LogP contribution >= 0.6 is 0 Å². The summed E-state index contributed by atoms with van der Waals surface area (Å²) in [6, 6.07) is 10.2. The van der Waals surface area contributed by atoms with Gasteiger partial charge in [-0.05, 0) is 73.8 Å². The number of rotatable bonds is 22. The van der Waals surface area contributed by atoms with Crippen molar-refractivity contribution < 1.29 is 62.1 Å². The number of halogens is 1. The molecule has 0 bridgehead atoms. The van der Waals surface area contributed by atoms with Crippen LogP contribution in [0.4, 0.5) is 4.39 Å². The van der Waals surface area contributed by atoms with Crippen molar-refractivity contribution in [3.05, 3.63) is 110 Å². The molecule has 2 aromatic heterocycles.